The van der Waals surface area contributed by atoms with Crippen LogP contribution in [0, 0.1) is 5.92 Å². The minimum Gasteiger partial charge on any atom is -0.353 e. The maximum atomic E-state index is 11.7. The predicted octanol–water partition coefficient (Wildman–Crippen LogP) is -0.277. The predicted molar refractivity (Wildman–Crippen MR) is 74.4 cm³/mol. The zero-order valence-corrected chi connectivity index (χ0v) is 12.0. The maximum Gasteiger partial charge on any atom is 0.236 e. The fourth-order valence-electron chi connectivity index (χ4n) is 2.15. The molecule has 1 saturated heterocycles. The maximum absolute atomic E-state index is 11.7. The number of nitrogens with zero attached hydrogens (tertiary/aromatic N) is 2. The van der Waals surface area contributed by atoms with Crippen molar-refractivity contribution in [1.29, 1.82) is 0 Å². The van der Waals surface area contributed by atoms with E-state index in [1.165, 1.54) is 0 Å². The first-order valence-corrected chi connectivity index (χ1v) is 6.93. The van der Waals surface area contributed by atoms with E-state index in [0.717, 1.165) is 39.1 Å². The van der Waals surface area contributed by atoms with E-state index in [4.69, 9.17) is 5.73 Å². The Morgan fingerprint density at radius 1 is 1.28 bits per heavy atom. The molecule has 1 fully saturated rings. The van der Waals surface area contributed by atoms with Crippen LogP contribution in [-0.2, 0) is 4.79 Å². The van der Waals surface area contributed by atoms with E-state index >= 15 is 0 Å². The van der Waals surface area contributed by atoms with Crippen molar-refractivity contribution < 1.29 is 4.79 Å². The van der Waals surface area contributed by atoms with Gasteiger partial charge in [0.1, 0.15) is 0 Å². The van der Waals surface area contributed by atoms with Crippen molar-refractivity contribution in [3.8, 4) is 0 Å². The Bertz CT molecular complexity index is 249. The van der Waals surface area contributed by atoms with Crippen molar-refractivity contribution in [2.45, 2.75) is 26.3 Å². The highest BCUT2D eigenvalue weighted by Crippen LogP contribution is 2.02. The fourth-order valence-corrected chi connectivity index (χ4v) is 2.15. The van der Waals surface area contributed by atoms with E-state index in [9.17, 15) is 4.79 Å². The van der Waals surface area contributed by atoms with Crippen molar-refractivity contribution in [1.82, 2.24) is 15.1 Å². The molecule has 1 heterocycles. The molecule has 1 aliphatic rings. The van der Waals surface area contributed by atoms with Gasteiger partial charge in [-0.1, -0.05) is 13.8 Å². The molecule has 18 heavy (non-hydrogen) atoms. The molecule has 5 nitrogen and oxygen atoms in total. The van der Waals surface area contributed by atoms with E-state index in [0.29, 0.717) is 12.5 Å². The van der Waals surface area contributed by atoms with Crippen molar-refractivity contribution in [2.75, 3.05) is 46.3 Å². The van der Waals surface area contributed by atoms with Gasteiger partial charge in [-0.3, -0.25) is 9.69 Å². The minimum atomic E-state index is -0.363. The van der Waals surface area contributed by atoms with Gasteiger partial charge in [-0.15, -0.1) is 0 Å². The second kappa shape index (κ2) is 7.71. The molecular formula is C13H28N4O. The molecule has 1 amide bonds. The quantitative estimate of drug-likeness (QED) is 0.686. The zero-order valence-electron chi connectivity index (χ0n) is 12.0. The molecule has 1 rings (SSSR count). The highest BCUT2D eigenvalue weighted by Gasteiger charge is 2.16. The van der Waals surface area contributed by atoms with Gasteiger partial charge in [-0.25, -0.2) is 0 Å². The largest absolute Gasteiger partial charge is 0.353 e. The van der Waals surface area contributed by atoms with Crippen LogP contribution in [0.3, 0.4) is 0 Å². The van der Waals surface area contributed by atoms with Gasteiger partial charge in [0.25, 0.3) is 0 Å². The van der Waals surface area contributed by atoms with Gasteiger partial charge in [-0.2, -0.15) is 0 Å². The van der Waals surface area contributed by atoms with Crippen LogP contribution in [0.2, 0.25) is 0 Å². The van der Waals surface area contributed by atoms with Crippen LogP contribution in [0.1, 0.15) is 20.3 Å². The standard InChI is InChI=1S/C13H28N4O/c1-11(2)10-12(14)13(18)15-4-5-17-8-6-16(3)7-9-17/h11-12H,4-10,14H2,1-3H3,(H,15,18). The topological polar surface area (TPSA) is 61.6 Å². The number of hydrogen-bond acceptors (Lipinski definition) is 4. The molecule has 3 N–H and O–H groups in total. The summed E-state index contributed by atoms with van der Waals surface area (Å²) < 4.78 is 0. The van der Waals surface area contributed by atoms with Crippen LogP contribution >= 0.6 is 0 Å². The molecule has 0 spiro atoms. The number of likely N-dealkylation sites (N-methyl/N-ethyl adjacent to an activating group) is 1. The average Bonchev–Trinajstić information content (AvgIpc) is 2.30. The summed E-state index contributed by atoms with van der Waals surface area (Å²) in [6, 6.07) is -0.363. The number of nitrogens with two attached hydrogens (primary N) is 1. The molecule has 0 saturated carbocycles. The van der Waals surface area contributed by atoms with Gasteiger partial charge < -0.3 is 16.0 Å². The summed E-state index contributed by atoms with van der Waals surface area (Å²) in [5, 5.41) is 2.93. The van der Waals surface area contributed by atoms with Gasteiger partial charge in [0.2, 0.25) is 5.91 Å². The summed E-state index contributed by atoms with van der Waals surface area (Å²) >= 11 is 0. The summed E-state index contributed by atoms with van der Waals surface area (Å²) in [6.07, 6.45) is 0.750. The first-order valence-electron chi connectivity index (χ1n) is 6.93. The molecule has 1 atom stereocenters. The Labute approximate surface area is 111 Å². The first kappa shape index (κ1) is 15.4. The number of amides is 1. The van der Waals surface area contributed by atoms with Crippen LogP contribution in [0.25, 0.3) is 0 Å². The Morgan fingerprint density at radius 3 is 2.44 bits per heavy atom. The third-order valence-corrected chi connectivity index (χ3v) is 3.39. The Hall–Kier alpha value is -0.650. The molecule has 0 aromatic carbocycles. The Kier molecular flexibility index (Phi) is 6.60. The van der Waals surface area contributed by atoms with Crippen molar-refractivity contribution in [2.24, 2.45) is 11.7 Å². The molecule has 1 unspecified atom stereocenters. The van der Waals surface area contributed by atoms with Crippen LogP contribution in [0.5, 0.6) is 0 Å². The molecule has 106 valence electrons. The fraction of sp³-hybridized carbons (Fsp3) is 0.923. The normalized spacial score (nSPS) is 20.1. The zero-order chi connectivity index (χ0) is 13.5. The number of carbonyl (C=O) groups excluding carboxylic acids is 1. The van der Waals surface area contributed by atoms with E-state index in [2.05, 4.69) is 36.0 Å². The molecule has 0 radical (unpaired) electrons. The molecule has 0 aliphatic carbocycles. The molecule has 1 aliphatic heterocycles. The summed E-state index contributed by atoms with van der Waals surface area (Å²) in [4.78, 5) is 16.4. The lowest BCUT2D eigenvalue weighted by Crippen LogP contribution is -2.48. The summed E-state index contributed by atoms with van der Waals surface area (Å²) in [7, 11) is 2.14. The van der Waals surface area contributed by atoms with Gasteiger partial charge in [0.15, 0.2) is 0 Å². The SMILES string of the molecule is CC(C)CC(N)C(=O)NCCN1CCN(C)CC1. The second-order valence-corrected chi connectivity index (χ2v) is 5.67. The summed E-state index contributed by atoms with van der Waals surface area (Å²) in [6.45, 7) is 10.2. The first-order chi connectivity index (χ1) is 8.49. The molecule has 0 aromatic heterocycles. The van der Waals surface area contributed by atoms with Crippen molar-refractivity contribution in [3.05, 3.63) is 0 Å². The molecule has 5 heteroatoms. The highest BCUT2D eigenvalue weighted by atomic mass is 16.2. The summed E-state index contributed by atoms with van der Waals surface area (Å²) in [5.74, 6) is 0.446. The third kappa shape index (κ3) is 5.80. The smallest absolute Gasteiger partial charge is 0.236 e. The lowest BCUT2D eigenvalue weighted by atomic mass is 10.0. The van der Waals surface area contributed by atoms with Gasteiger partial charge in [0.05, 0.1) is 6.04 Å². The molecule has 0 aromatic rings. The van der Waals surface area contributed by atoms with Gasteiger partial charge in [0, 0.05) is 39.3 Å². The number of nitrogens with one attached hydrogen (secondary N) is 1. The van der Waals surface area contributed by atoms with Crippen LogP contribution in [0.4, 0.5) is 0 Å². The molecular weight excluding hydrogens is 228 g/mol. The number of piperazine rings is 1. The van der Waals surface area contributed by atoms with Crippen molar-refractivity contribution >= 4 is 5.91 Å². The van der Waals surface area contributed by atoms with E-state index in [-0.39, 0.29) is 11.9 Å². The van der Waals surface area contributed by atoms with Gasteiger partial charge >= 0.3 is 0 Å². The Balaban J connectivity index is 2.11. The number of hydrogen-bond donors (Lipinski definition) is 2. The minimum absolute atomic E-state index is 0.0159. The third-order valence-electron chi connectivity index (χ3n) is 3.39. The van der Waals surface area contributed by atoms with Crippen molar-refractivity contribution in [3.63, 3.8) is 0 Å². The lowest BCUT2D eigenvalue weighted by molar-refractivity contribution is -0.122. The average molecular weight is 256 g/mol. The molecule has 0 bridgehead atoms. The Morgan fingerprint density at radius 2 is 1.89 bits per heavy atom. The summed E-state index contributed by atoms with van der Waals surface area (Å²) in [5.41, 5.74) is 5.82. The van der Waals surface area contributed by atoms with Crippen LogP contribution in [0.15, 0.2) is 0 Å². The van der Waals surface area contributed by atoms with Gasteiger partial charge in [-0.05, 0) is 19.4 Å². The van der Waals surface area contributed by atoms with Crippen LogP contribution < -0.4 is 11.1 Å². The number of carbonyl (C=O) groups is 1. The second-order valence-electron chi connectivity index (χ2n) is 5.67. The van der Waals surface area contributed by atoms with E-state index < -0.39 is 0 Å². The lowest BCUT2D eigenvalue weighted by Gasteiger charge is -2.32. The number of rotatable bonds is 6. The van der Waals surface area contributed by atoms with E-state index in [1.54, 1.807) is 0 Å². The highest BCUT2D eigenvalue weighted by molar-refractivity contribution is 5.81. The monoisotopic (exact) mass is 256 g/mol. The van der Waals surface area contributed by atoms with E-state index in [1.807, 2.05) is 0 Å². The van der Waals surface area contributed by atoms with Crippen LogP contribution in [-0.4, -0.2) is 68.1 Å².